The molecule has 27 heavy (non-hydrogen) atoms. The molecule has 140 valence electrons. The molecule has 0 bridgehead atoms. The number of nitrogens with zero attached hydrogens (tertiary/aromatic N) is 6. The number of anilines is 1. The van der Waals surface area contributed by atoms with Gasteiger partial charge in [-0.25, -0.2) is 4.98 Å². The maximum absolute atomic E-state index is 4.90. The molecule has 2 aromatic heterocycles. The maximum Gasteiger partial charge on any atom is 0.254 e. The summed E-state index contributed by atoms with van der Waals surface area (Å²) in [6.07, 6.45) is 4.62. The van der Waals surface area contributed by atoms with E-state index in [-0.39, 0.29) is 0 Å². The molecular formula is C21H26N6. The predicted molar refractivity (Wildman–Crippen MR) is 107 cm³/mol. The van der Waals surface area contributed by atoms with Crippen molar-refractivity contribution in [3.05, 3.63) is 41.6 Å². The Morgan fingerprint density at radius 2 is 1.70 bits per heavy atom. The van der Waals surface area contributed by atoms with Crippen LogP contribution in [0.15, 0.2) is 30.3 Å². The predicted octanol–water partition coefficient (Wildman–Crippen LogP) is 2.81. The smallest absolute Gasteiger partial charge is 0.254 e. The first-order chi connectivity index (χ1) is 13.3. The Hall–Kier alpha value is -2.47. The Balaban J connectivity index is 1.64. The van der Waals surface area contributed by atoms with Gasteiger partial charge < -0.3 is 9.80 Å². The van der Waals surface area contributed by atoms with Gasteiger partial charge in [0.05, 0.1) is 5.69 Å². The minimum atomic E-state index is 0.738. The number of fused-ring (bicyclic) bond motifs is 2. The van der Waals surface area contributed by atoms with Gasteiger partial charge in [0, 0.05) is 37.3 Å². The van der Waals surface area contributed by atoms with Gasteiger partial charge in [0.1, 0.15) is 5.82 Å². The third-order valence-electron chi connectivity index (χ3n) is 5.89. The molecule has 0 saturated carbocycles. The highest BCUT2D eigenvalue weighted by atomic mass is 15.4. The number of likely N-dealkylation sites (N-methyl/N-ethyl adjacent to an activating group) is 1. The van der Waals surface area contributed by atoms with Crippen molar-refractivity contribution in [1.82, 2.24) is 24.5 Å². The molecule has 3 heterocycles. The fraction of sp³-hybridized carbons (Fsp3) is 0.476. The standard InChI is InChI=1S/C21H26N6/c1-2-25-12-14-26(15-13-25)20-17-10-6-7-11-18(17)22-21-23-19(24-27(20)21)16-8-4-3-5-9-16/h3-5,8-9H,2,6-7,10-15H2,1H3. The van der Waals surface area contributed by atoms with Gasteiger partial charge in [0.15, 0.2) is 5.82 Å². The van der Waals surface area contributed by atoms with Crippen LogP contribution < -0.4 is 4.90 Å². The molecule has 0 N–H and O–H groups in total. The normalized spacial score (nSPS) is 18.0. The summed E-state index contributed by atoms with van der Waals surface area (Å²) in [6, 6.07) is 10.2. The molecule has 1 aliphatic carbocycles. The zero-order valence-electron chi connectivity index (χ0n) is 15.9. The number of piperazine rings is 1. The summed E-state index contributed by atoms with van der Waals surface area (Å²) in [7, 11) is 0. The van der Waals surface area contributed by atoms with E-state index in [0.717, 1.165) is 62.7 Å². The second kappa shape index (κ2) is 6.93. The molecule has 0 spiro atoms. The molecule has 6 nitrogen and oxygen atoms in total. The lowest BCUT2D eigenvalue weighted by Crippen LogP contribution is -2.47. The number of aryl methyl sites for hydroxylation is 1. The number of rotatable bonds is 3. The van der Waals surface area contributed by atoms with Gasteiger partial charge in [-0.2, -0.15) is 9.50 Å². The van der Waals surface area contributed by atoms with Crippen LogP contribution in [0.5, 0.6) is 0 Å². The Morgan fingerprint density at radius 1 is 0.926 bits per heavy atom. The van der Waals surface area contributed by atoms with Crippen LogP contribution in [0, 0.1) is 0 Å². The molecule has 1 aromatic carbocycles. The van der Waals surface area contributed by atoms with Gasteiger partial charge in [-0.1, -0.05) is 37.3 Å². The summed E-state index contributed by atoms with van der Waals surface area (Å²) in [6.45, 7) is 7.66. The highest BCUT2D eigenvalue weighted by Crippen LogP contribution is 2.31. The molecular weight excluding hydrogens is 336 g/mol. The van der Waals surface area contributed by atoms with E-state index >= 15 is 0 Å². The SMILES string of the molecule is CCN1CCN(c2c3c(nc4nc(-c5ccccc5)nn24)CCCC3)CC1. The lowest BCUT2D eigenvalue weighted by molar-refractivity contribution is 0.270. The van der Waals surface area contributed by atoms with Gasteiger partial charge in [0.25, 0.3) is 5.78 Å². The molecule has 1 fully saturated rings. The van der Waals surface area contributed by atoms with E-state index < -0.39 is 0 Å². The van der Waals surface area contributed by atoms with Crippen LogP contribution in [0.25, 0.3) is 17.2 Å². The van der Waals surface area contributed by atoms with Crippen LogP contribution in [0.4, 0.5) is 5.82 Å². The summed E-state index contributed by atoms with van der Waals surface area (Å²) in [4.78, 5) is 14.7. The summed E-state index contributed by atoms with van der Waals surface area (Å²) in [5, 5.41) is 4.89. The molecule has 3 aromatic rings. The van der Waals surface area contributed by atoms with E-state index in [2.05, 4.69) is 28.9 Å². The number of hydrogen-bond donors (Lipinski definition) is 0. The van der Waals surface area contributed by atoms with Crippen molar-refractivity contribution in [3.63, 3.8) is 0 Å². The van der Waals surface area contributed by atoms with E-state index in [1.165, 1.54) is 29.9 Å². The molecule has 0 radical (unpaired) electrons. The Morgan fingerprint density at radius 3 is 2.48 bits per heavy atom. The van der Waals surface area contributed by atoms with Crippen LogP contribution in [-0.4, -0.2) is 57.2 Å². The highest BCUT2D eigenvalue weighted by molar-refractivity contribution is 5.61. The van der Waals surface area contributed by atoms with Crippen molar-refractivity contribution < 1.29 is 0 Å². The van der Waals surface area contributed by atoms with E-state index in [1.807, 2.05) is 22.7 Å². The van der Waals surface area contributed by atoms with Gasteiger partial charge in [-0.05, 0) is 32.2 Å². The van der Waals surface area contributed by atoms with Crippen LogP contribution in [0.1, 0.15) is 31.0 Å². The summed E-state index contributed by atoms with van der Waals surface area (Å²) in [5.41, 5.74) is 3.67. The zero-order valence-corrected chi connectivity index (χ0v) is 15.9. The molecule has 0 atom stereocenters. The van der Waals surface area contributed by atoms with Crippen molar-refractivity contribution in [2.24, 2.45) is 0 Å². The summed E-state index contributed by atoms with van der Waals surface area (Å²) < 4.78 is 2.01. The summed E-state index contributed by atoms with van der Waals surface area (Å²) in [5.74, 6) is 2.74. The fourth-order valence-electron chi connectivity index (χ4n) is 4.33. The van der Waals surface area contributed by atoms with Crippen LogP contribution in [0.3, 0.4) is 0 Å². The number of hydrogen-bond acceptors (Lipinski definition) is 5. The highest BCUT2D eigenvalue weighted by Gasteiger charge is 2.26. The first-order valence-electron chi connectivity index (χ1n) is 10.1. The average Bonchev–Trinajstić information content (AvgIpc) is 3.16. The lowest BCUT2D eigenvalue weighted by Gasteiger charge is -2.37. The van der Waals surface area contributed by atoms with E-state index in [0.29, 0.717) is 0 Å². The summed E-state index contributed by atoms with van der Waals surface area (Å²) >= 11 is 0. The van der Waals surface area contributed by atoms with E-state index in [4.69, 9.17) is 15.1 Å². The first-order valence-corrected chi connectivity index (χ1v) is 10.1. The molecule has 1 saturated heterocycles. The number of aromatic nitrogens is 4. The maximum atomic E-state index is 4.90. The van der Waals surface area contributed by atoms with Crippen molar-refractivity contribution in [2.45, 2.75) is 32.6 Å². The molecule has 1 aliphatic heterocycles. The Bertz CT molecular complexity index is 940. The topological polar surface area (TPSA) is 49.6 Å². The molecule has 2 aliphatic rings. The van der Waals surface area contributed by atoms with Crippen LogP contribution >= 0.6 is 0 Å². The quantitative estimate of drug-likeness (QED) is 0.717. The van der Waals surface area contributed by atoms with Crippen molar-refractivity contribution in [1.29, 1.82) is 0 Å². The Kier molecular flexibility index (Phi) is 4.28. The van der Waals surface area contributed by atoms with Crippen molar-refractivity contribution >= 4 is 11.6 Å². The zero-order chi connectivity index (χ0) is 18.2. The average molecular weight is 362 g/mol. The molecule has 0 amide bonds. The van der Waals surface area contributed by atoms with Gasteiger partial charge >= 0.3 is 0 Å². The van der Waals surface area contributed by atoms with E-state index in [1.54, 1.807) is 0 Å². The third kappa shape index (κ3) is 2.98. The molecule has 0 unspecified atom stereocenters. The van der Waals surface area contributed by atoms with Crippen molar-refractivity contribution in [2.75, 3.05) is 37.6 Å². The lowest BCUT2D eigenvalue weighted by atomic mass is 9.96. The molecule has 5 rings (SSSR count). The van der Waals surface area contributed by atoms with Crippen LogP contribution in [0.2, 0.25) is 0 Å². The van der Waals surface area contributed by atoms with E-state index in [9.17, 15) is 0 Å². The van der Waals surface area contributed by atoms with Gasteiger partial charge in [-0.15, -0.1) is 5.10 Å². The minimum absolute atomic E-state index is 0.738. The number of benzene rings is 1. The monoisotopic (exact) mass is 362 g/mol. The second-order valence-electron chi connectivity index (χ2n) is 7.50. The van der Waals surface area contributed by atoms with Gasteiger partial charge in [0.2, 0.25) is 0 Å². The first kappa shape index (κ1) is 16.7. The fourth-order valence-corrected chi connectivity index (χ4v) is 4.33. The largest absolute Gasteiger partial charge is 0.354 e. The minimum Gasteiger partial charge on any atom is -0.354 e. The van der Waals surface area contributed by atoms with Gasteiger partial charge in [-0.3, -0.25) is 0 Å². The second-order valence-corrected chi connectivity index (χ2v) is 7.50. The Labute approximate surface area is 159 Å². The third-order valence-corrected chi connectivity index (χ3v) is 5.89. The van der Waals surface area contributed by atoms with Crippen molar-refractivity contribution in [3.8, 4) is 11.4 Å². The molecule has 6 heteroatoms. The van der Waals surface area contributed by atoms with Crippen LogP contribution in [-0.2, 0) is 12.8 Å².